The van der Waals surface area contributed by atoms with Crippen LogP contribution < -0.4 is 4.74 Å². The Morgan fingerprint density at radius 1 is 1.04 bits per heavy atom. The summed E-state index contributed by atoms with van der Waals surface area (Å²) in [4.78, 5) is 12.8. The van der Waals surface area contributed by atoms with Gasteiger partial charge >= 0.3 is 0 Å². The highest BCUT2D eigenvalue weighted by Gasteiger charge is 2.41. The van der Waals surface area contributed by atoms with Gasteiger partial charge in [-0.2, -0.15) is 5.26 Å². The number of ether oxygens (including phenoxy) is 3. The molecular weight excluding hydrogens is 354 g/mol. The number of nitrogens with zero attached hydrogens (tertiary/aromatic N) is 1. The van der Waals surface area contributed by atoms with Gasteiger partial charge in [0.05, 0.1) is 18.1 Å². The molecule has 3 unspecified atom stereocenters. The smallest absolute Gasteiger partial charge is 0.207 e. The summed E-state index contributed by atoms with van der Waals surface area (Å²) in [6, 6.07) is 19.7. The molecule has 0 aromatic heterocycles. The highest BCUT2D eigenvalue weighted by atomic mass is 16.5. The Bertz CT molecular complexity index is 898. The minimum atomic E-state index is -0.217. The Kier molecular flexibility index (Phi) is 5.41. The van der Waals surface area contributed by atoms with E-state index in [0.717, 1.165) is 17.5 Å². The lowest BCUT2D eigenvalue weighted by Gasteiger charge is -2.36. The van der Waals surface area contributed by atoms with E-state index in [2.05, 4.69) is 0 Å². The molecule has 0 bridgehead atoms. The molecule has 1 heterocycles. The number of nitriles is 1. The van der Waals surface area contributed by atoms with Crippen LogP contribution in [-0.4, -0.2) is 24.6 Å². The van der Waals surface area contributed by atoms with Crippen LogP contribution in [0.15, 0.2) is 66.6 Å². The number of hydrogen-bond acceptors (Lipinski definition) is 5. The number of carbonyl (C=O) groups is 1. The van der Waals surface area contributed by atoms with E-state index >= 15 is 0 Å². The van der Waals surface area contributed by atoms with Crippen LogP contribution in [0.1, 0.15) is 19.3 Å². The fourth-order valence-electron chi connectivity index (χ4n) is 3.79. The molecular formula is C23H21NO4. The molecule has 2 aromatic rings. The summed E-state index contributed by atoms with van der Waals surface area (Å²) in [6.07, 6.45) is 3.21. The Morgan fingerprint density at radius 2 is 1.79 bits per heavy atom. The van der Waals surface area contributed by atoms with Crippen molar-refractivity contribution in [2.45, 2.75) is 31.5 Å². The van der Waals surface area contributed by atoms with Crippen molar-refractivity contribution in [2.75, 3.05) is 6.61 Å². The van der Waals surface area contributed by atoms with Gasteiger partial charge in [0, 0.05) is 6.42 Å². The van der Waals surface area contributed by atoms with Crippen LogP contribution in [0.2, 0.25) is 0 Å². The number of Topliss-reactive ketones (excluding diaryl/α,β-unsaturated/α-hetero) is 1. The van der Waals surface area contributed by atoms with E-state index in [0.29, 0.717) is 18.6 Å². The molecule has 0 spiro atoms. The normalized spacial score (nSPS) is 23.8. The first-order valence-electron chi connectivity index (χ1n) is 9.46. The van der Waals surface area contributed by atoms with Crippen LogP contribution in [0, 0.1) is 17.2 Å². The molecule has 4 rings (SSSR count). The summed E-state index contributed by atoms with van der Waals surface area (Å²) in [7, 11) is 0. The molecule has 2 aliphatic rings. The summed E-state index contributed by atoms with van der Waals surface area (Å²) in [6.45, 7) is 0.0686. The molecule has 0 N–H and O–H groups in total. The molecule has 5 heteroatoms. The third-order valence-corrected chi connectivity index (χ3v) is 5.25. The summed E-state index contributed by atoms with van der Waals surface area (Å²) in [5, 5.41) is 8.64. The topological polar surface area (TPSA) is 68.5 Å². The maximum atomic E-state index is 12.8. The van der Waals surface area contributed by atoms with Gasteiger partial charge in [0.15, 0.2) is 0 Å². The molecule has 1 aliphatic heterocycles. The quantitative estimate of drug-likeness (QED) is 0.781. The summed E-state index contributed by atoms with van der Waals surface area (Å²) < 4.78 is 17.1. The minimum absolute atomic E-state index is 0.0258. The molecule has 1 fully saturated rings. The van der Waals surface area contributed by atoms with Crippen LogP contribution in [0.3, 0.4) is 0 Å². The highest BCUT2D eigenvalue weighted by molar-refractivity contribution is 5.96. The van der Waals surface area contributed by atoms with Gasteiger partial charge in [0.25, 0.3) is 0 Å². The Labute approximate surface area is 164 Å². The number of allylic oxidation sites excluding steroid dienone is 1. The van der Waals surface area contributed by atoms with Crippen molar-refractivity contribution < 1.29 is 19.0 Å². The summed E-state index contributed by atoms with van der Waals surface area (Å²) >= 11 is 0. The second-order valence-corrected chi connectivity index (χ2v) is 7.02. The third kappa shape index (κ3) is 3.92. The lowest BCUT2D eigenvalue weighted by atomic mass is 9.80. The Morgan fingerprint density at radius 3 is 2.54 bits per heavy atom. The fourth-order valence-corrected chi connectivity index (χ4v) is 3.79. The van der Waals surface area contributed by atoms with Crippen LogP contribution in [0.5, 0.6) is 5.75 Å². The van der Waals surface area contributed by atoms with Gasteiger partial charge in [-0.25, -0.2) is 0 Å². The van der Waals surface area contributed by atoms with Crippen molar-refractivity contribution in [3.63, 3.8) is 0 Å². The maximum absolute atomic E-state index is 12.8. The second-order valence-electron chi connectivity index (χ2n) is 7.02. The van der Waals surface area contributed by atoms with Crippen molar-refractivity contribution in [1.82, 2.24) is 0 Å². The minimum Gasteiger partial charge on any atom is -0.493 e. The van der Waals surface area contributed by atoms with Gasteiger partial charge in [0.2, 0.25) is 11.5 Å². The van der Waals surface area contributed by atoms with E-state index < -0.39 is 0 Å². The number of benzene rings is 2. The lowest BCUT2D eigenvalue weighted by molar-refractivity contribution is -0.133. The van der Waals surface area contributed by atoms with Crippen molar-refractivity contribution in [2.24, 2.45) is 5.92 Å². The average molecular weight is 375 g/mol. The molecule has 28 heavy (non-hydrogen) atoms. The SMILES string of the molecule is N#CCOC1CCC2C(=O)C(Oc3ccc(-c4ccccc4)cc3)=COC2C1. The first-order valence-corrected chi connectivity index (χ1v) is 9.46. The monoisotopic (exact) mass is 375 g/mol. The molecule has 1 aliphatic carbocycles. The first-order chi connectivity index (χ1) is 13.7. The van der Waals surface area contributed by atoms with Gasteiger partial charge in [0.1, 0.15) is 24.7 Å². The first kappa shape index (κ1) is 18.3. The predicted octanol–water partition coefficient (Wildman–Crippen LogP) is 4.25. The van der Waals surface area contributed by atoms with Crippen LogP contribution in [0.25, 0.3) is 11.1 Å². The van der Waals surface area contributed by atoms with Gasteiger partial charge in [-0.15, -0.1) is 0 Å². The average Bonchev–Trinajstić information content (AvgIpc) is 2.75. The molecule has 5 nitrogen and oxygen atoms in total. The van der Waals surface area contributed by atoms with Gasteiger partial charge in [-0.1, -0.05) is 42.5 Å². The molecule has 142 valence electrons. The molecule has 1 saturated carbocycles. The Balaban J connectivity index is 1.41. The van der Waals surface area contributed by atoms with Crippen molar-refractivity contribution >= 4 is 5.78 Å². The van der Waals surface area contributed by atoms with Gasteiger partial charge in [-0.05, 0) is 36.1 Å². The van der Waals surface area contributed by atoms with Gasteiger partial charge in [-0.3, -0.25) is 4.79 Å². The predicted molar refractivity (Wildman–Crippen MR) is 103 cm³/mol. The van der Waals surface area contributed by atoms with Crippen LogP contribution >= 0.6 is 0 Å². The largest absolute Gasteiger partial charge is 0.493 e. The van der Waals surface area contributed by atoms with Crippen LogP contribution in [0.4, 0.5) is 0 Å². The highest BCUT2D eigenvalue weighted by Crippen LogP contribution is 2.35. The standard InChI is InChI=1S/C23H21NO4/c24-12-13-26-19-10-11-20-21(14-19)27-15-22(23(20)25)28-18-8-6-17(7-9-18)16-4-2-1-3-5-16/h1-9,15,19-21H,10-11,13-14H2. The van der Waals surface area contributed by atoms with E-state index in [1.807, 2.05) is 60.7 Å². The zero-order chi connectivity index (χ0) is 19.3. The number of carbonyl (C=O) groups excluding carboxylic acids is 1. The van der Waals surface area contributed by atoms with Crippen LogP contribution in [-0.2, 0) is 14.3 Å². The van der Waals surface area contributed by atoms with E-state index in [9.17, 15) is 4.79 Å². The zero-order valence-electron chi connectivity index (χ0n) is 15.4. The molecule has 0 radical (unpaired) electrons. The fraction of sp³-hybridized carbons (Fsp3) is 0.304. The summed E-state index contributed by atoms with van der Waals surface area (Å²) in [5.41, 5.74) is 2.22. The number of rotatable bonds is 5. The van der Waals surface area contributed by atoms with E-state index in [1.54, 1.807) is 0 Å². The van der Waals surface area contributed by atoms with Gasteiger partial charge < -0.3 is 14.2 Å². The van der Waals surface area contributed by atoms with Crippen molar-refractivity contribution in [1.29, 1.82) is 5.26 Å². The van der Waals surface area contributed by atoms with E-state index in [4.69, 9.17) is 19.5 Å². The number of ketones is 1. The zero-order valence-corrected chi connectivity index (χ0v) is 15.4. The second kappa shape index (κ2) is 8.28. The third-order valence-electron chi connectivity index (χ3n) is 5.25. The number of hydrogen-bond donors (Lipinski definition) is 0. The van der Waals surface area contributed by atoms with Crippen molar-refractivity contribution in [3.05, 3.63) is 66.6 Å². The van der Waals surface area contributed by atoms with Crippen molar-refractivity contribution in [3.8, 4) is 22.9 Å². The molecule has 0 saturated heterocycles. The maximum Gasteiger partial charge on any atom is 0.207 e. The Hall–Kier alpha value is -3.10. The summed E-state index contributed by atoms with van der Waals surface area (Å²) in [5.74, 6) is 0.602. The van der Waals surface area contributed by atoms with E-state index in [1.165, 1.54) is 6.26 Å². The van der Waals surface area contributed by atoms with E-state index in [-0.39, 0.29) is 36.3 Å². The lowest BCUT2D eigenvalue weighted by Crippen LogP contribution is -2.42. The molecule has 2 aromatic carbocycles. The molecule has 3 atom stereocenters. The molecule has 0 amide bonds. The number of fused-ring (bicyclic) bond motifs is 1.